The van der Waals surface area contributed by atoms with Crippen LogP contribution in [0.1, 0.15) is 30.9 Å². The lowest BCUT2D eigenvalue weighted by atomic mass is 10.1. The van der Waals surface area contributed by atoms with Crippen LogP contribution in [0.4, 0.5) is 5.69 Å². The minimum Gasteiger partial charge on any atom is -0.447 e. The molecular formula is C23H24N2O4S. The van der Waals surface area contributed by atoms with Crippen molar-refractivity contribution in [1.82, 2.24) is 5.32 Å². The highest BCUT2D eigenvalue weighted by Crippen LogP contribution is 2.30. The molecule has 1 aliphatic heterocycles. The number of carbonyl (C=O) groups excluding carboxylic acids is 3. The van der Waals surface area contributed by atoms with E-state index >= 15 is 0 Å². The number of nitrogens with one attached hydrogen (secondary N) is 1. The normalized spacial score (nSPS) is 19.4. The summed E-state index contributed by atoms with van der Waals surface area (Å²) in [7, 11) is 0. The van der Waals surface area contributed by atoms with Crippen LogP contribution in [0.5, 0.6) is 0 Å². The molecule has 7 heteroatoms. The van der Waals surface area contributed by atoms with Crippen LogP contribution in [0, 0.1) is 5.92 Å². The zero-order valence-corrected chi connectivity index (χ0v) is 17.6. The van der Waals surface area contributed by atoms with Gasteiger partial charge in [-0.05, 0) is 37.3 Å². The second-order valence-corrected chi connectivity index (χ2v) is 8.50. The largest absolute Gasteiger partial charge is 0.447 e. The highest BCUT2D eigenvalue weighted by molar-refractivity contribution is 7.98. The molecule has 156 valence electrons. The number of rotatable bonds is 7. The minimum absolute atomic E-state index is 0.0775. The molecule has 0 aromatic heterocycles. The third kappa shape index (κ3) is 4.67. The van der Waals surface area contributed by atoms with Gasteiger partial charge in [-0.3, -0.25) is 14.4 Å². The third-order valence-corrected chi connectivity index (χ3v) is 6.05. The average Bonchev–Trinajstić information content (AvgIpc) is 3.50. The number of nitrogens with zero attached hydrogens (tertiary/aromatic N) is 1. The maximum absolute atomic E-state index is 12.9. The van der Waals surface area contributed by atoms with Crippen LogP contribution >= 0.6 is 11.8 Å². The predicted octanol–water partition coefficient (Wildman–Crippen LogP) is 3.32. The smallest absolute Gasteiger partial charge is 0.312 e. The van der Waals surface area contributed by atoms with E-state index in [-0.39, 0.29) is 30.8 Å². The molecule has 2 amide bonds. The molecular weight excluding hydrogens is 400 g/mol. The van der Waals surface area contributed by atoms with Gasteiger partial charge in [-0.1, -0.05) is 36.4 Å². The minimum atomic E-state index is -1.01. The summed E-state index contributed by atoms with van der Waals surface area (Å²) in [5, 5.41) is 2.91. The van der Waals surface area contributed by atoms with Crippen molar-refractivity contribution in [3.63, 3.8) is 0 Å². The highest BCUT2D eigenvalue weighted by atomic mass is 32.2. The van der Waals surface area contributed by atoms with Crippen molar-refractivity contribution in [2.75, 3.05) is 17.7 Å². The molecule has 0 bridgehead atoms. The lowest BCUT2D eigenvalue weighted by Crippen LogP contribution is -2.35. The van der Waals surface area contributed by atoms with E-state index in [9.17, 15) is 14.4 Å². The fourth-order valence-electron chi connectivity index (χ4n) is 3.51. The van der Waals surface area contributed by atoms with Crippen molar-refractivity contribution in [1.29, 1.82) is 0 Å². The van der Waals surface area contributed by atoms with E-state index in [0.29, 0.717) is 5.56 Å². The van der Waals surface area contributed by atoms with E-state index < -0.39 is 18.0 Å². The number of hydrogen-bond donors (Lipinski definition) is 1. The van der Waals surface area contributed by atoms with Gasteiger partial charge in [0.25, 0.3) is 5.91 Å². The number of esters is 1. The van der Waals surface area contributed by atoms with Crippen molar-refractivity contribution >= 4 is 35.2 Å². The maximum atomic E-state index is 12.9. The Morgan fingerprint density at radius 3 is 2.60 bits per heavy atom. The number of benzene rings is 2. The van der Waals surface area contributed by atoms with Crippen molar-refractivity contribution < 1.29 is 19.1 Å². The van der Waals surface area contributed by atoms with Crippen LogP contribution in [0.15, 0.2) is 59.5 Å². The molecule has 1 saturated carbocycles. The molecule has 2 fully saturated rings. The molecule has 1 aliphatic carbocycles. The Bertz CT molecular complexity index is 945. The van der Waals surface area contributed by atoms with Crippen LogP contribution in [-0.2, 0) is 19.1 Å². The number of hydrogen-bond acceptors (Lipinski definition) is 5. The van der Waals surface area contributed by atoms with E-state index in [2.05, 4.69) is 5.32 Å². The molecule has 2 atom stereocenters. The SMILES string of the molecule is CSc1cccc(N2C[C@@H](C(=O)O[C@@H](C(=O)NC3CC3)c3ccccc3)CC2=O)c1. The first-order valence-corrected chi connectivity index (χ1v) is 11.3. The fourth-order valence-corrected chi connectivity index (χ4v) is 3.96. The van der Waals surface area contributed by atoms with Crippen molar-refractivity contribution in [3.05, 3.63) is 60.2 Å². The van der Waals surface area contributed by atoms with Gasteiger partial charge in [-0.2, -0.15) is 0 Å². The zero-order chi connectivity index (χ0) is 21.1. The van der Waals surface area contributed by atoms with Crippen LogP contribution in [-0.4, -0.2) is 36.6 Å². The Balaban J connectivity index is 1.47. The standard InChI is InChI=1S/C23H24N2O4S/c1-30-19-9-5-8-18(13-19)25-14-16(12-20(25)26)23(28)29-21(15-6-3-2-4-7-15)22(27)24-17-10-11-17/h2-9,13,16-17,21H,10-12,14H2,1H3,(H,24,27)/t16-,21+/m0/s1. The highest BCUT2D eigenvalue weighted by Gasteiger charge is 2.39. The topological polar surface area (TPSA) is 75.7 Å². The molecule has 6 nitrogen and oxygen atoms in total. The number of carbonyl (C=O) groups is 3. The van der Waals surface area contributed by atoms with E-state index in [1.807, 2.05) is 36.6 Å². The molecule has 0 spiro atoms. The van der Waals surface area contributed by atoms with Crippen LogP contribution in [0.3, 0.4) is 0 Å². The Morgan fingerprint density at radius 1 is 1.13 bits per heavy atom. The summed E-state index contributed by atoms with van der Waals surface area (Å²) in [5.74, 6) is -1.55. The Labute approximate surface area is 180 Å². The molecule has 30 heavy (non-hydrogen) atoms. The number of anilines is 1. The van der Waals surface area contributed by atoms with Gasteiger partial charge < -0.3 is 15.0 Å². The summed E-state index contributed by atoms with van der Waals surface area (Å²) >= 11 is 1.60. The van der Waals surface area contributed by atoms with Gasteiger partial charge >= 0.3 is 5.97 Å². The average molecular weight is 425 g/mol. The summed E-state index contributed by atoms with van der Waals surface area (Å²) in [4.78, 5) is 40.8. The first-order chi connectivity index (χ1) is 14.5. The van der Waals surface area contributed by atoms with Gasteiger partial charge in [-0.15, -0.1) is 11.8 Å². The van der Waals surface area contributed by atoms with Crippen LogP contribution < -0.4 is 10.2 Å². The van der Waals surface area contributed by atoms with Crippen molar-refractivity contribution in [2.24, 2.45) is 5.92 Å². The Kier molecular flexibility index (Phi) is 6.08. The number of amides is 2. The van der Waals surface area contributed by atoms with Gasteiger partial charge in [0.05, 0.1) is 5.92 Å². The Morgan fingerprint density at radius 2 is 1.90 bits per heavy atom. The molecule has 1 heterocycles. The summed E-state index contributed by atoms with van der Waals surface area (Å²) in [6, 6.07) is 16.8. The van der Waals surface area contributed by atoms with E-state index in [1.165, 1.54) is 0 Å². The molecule has 2 aliphatic rings. The lowest BCUT2D eigenvalue weighted by Gasteiger charge is -2.20. The summed E-state index contributed by atoms with van der Waals surface area (Å²) in [6.45, 7) is 0.251. The molecule has 0 unspecified atom stereocenters. The molecule has 4 rings (SSSR count). The van der Waals surface area contributed by atoms with Gasteiger partial charge in [-0.25, -0.2) is 0 Å². The van der Waals surface area contributed by atoms with Crippen molar-refractivity contribution in [3.8, 4) is 0 Å². The second-order valence-electron chi connectivity index (χ2n) is 7.62. The quantitative estimate of drug-likeness (QED) is 0.545. The summed E-state index contributed by atoms with van der Waals surface area (Å²) in [5.41, 5.74) is 1.39. The number of thioether (sulfide) groups is 1. The van der Waals surface area contributed by atoms with E-state index in [1.54, 1.807) is 40.9 Å². The first-order valence-electron chi connectivity index (χ1n) is 10.1. The molecule has 2 aromatic rings. The maximum Gasteiger partial charge on any atom is 0.312 e. The second kappa shape index (κ2) is 8.92. The number of ether oxygens (including phenoxy) is 1. The van der Waals surface area contributed by atoms with E-state index in [0.717, 1.165) is 23.4 Å². The molecule has 2 aromatic carbocycles. The van der Waals surface area contributed by atoms with Gasteiger partial charge in [0, 0.05) is 35.2 Å². The summed E-state index contributed by atoms with van der Waals surface area (Å²) in [6.07, 6.45) is 2.93. The molecule has 1 N–H and O–H groups in total. The van der Waals surface area contributed by atoms with Crippen LogP contribution in [0.25, 0.3) is 0 Å². The van der Waals surface area contributed by atoms with Crippen LogP contribution in [0.2, 0.25) is 0 Å². The third-order valence-electron chi connectivity index (χ3n) is 5.32. The fraction of sp³-hybridized carbons (Fsp3) is 0.348. The van der Waals surface area contributed by atoms with Gasteiger partial charge in [0.15, 0.2) is 0 Å². The zero-order valence-electron chi connectivity index (χ0n) is 16.7. The van der Waals surface area contributed by atoms with Gasteiger partial charge in [0.1, 0.15) is 0 Å². The van der Waals surface area contributed by atoms with E-state index in [4.69, 9.17) is 4.74 Å². The summed E-state index contributed by atoms with van der Waals surface area (Å²) < 4.78 is 5.65. The van der Waals surface area contributed by atoms with Crippen molar-refractivity contribution in [2.45, 2.75) is 36.3 Å². The molecule has 0 radical (unpaired) electrons. The monoisotopic (exact) mass is 424 g/mol. The van der Waals surface area contributed by atoms with Gasteiger partial charge in [0.2, 0.25) is 12.0 Å². The Hall–Kier alpha value is -2.80. The first kappa shape index (κ1) is 20.5. The predicted molar refractivity (Wildman–Crippen MR) is 115 cm³/mol. The lowest BCUT2D eigenvalue weighted by molar-refractivity contribution is -0.160. The molecule has 1 saturated heterocycles.